The van der Waals surface area contributed by atoms with Gasteiger partial charge in [0.05, 0.1) is 19.1 Å². The summed E-state index contributed by atoms with van der Waals surface area (Å²) in [6, 6.07) is 13.0. The van der Waals surface area contributed by atoms with E-state index in [0.29, 0.717) is 25.2 Å². The molecule has 4 heterocycles. The number of thiophene rings is 1. The molecule has 3 fully saturated rings. The number of carboxylic acid groups (broad SMARTS) is 1. The fourth-order valence-corrected chi connectivity index (χ4v) is 8.20. The van der Waals surface area contributed by atoms with E-state index in [1.807, 2.05) is 59.7 Å². The highest BCUT2D eigenvalue weighted by atomic mass is 32.1. The largest absolute Gasteiger partial charge is 0.465 e. The predicted octanol–water partition coefficient (Wildman–Crippen LogP) is 4.07. The monoisotopic (exact) mass is 650 g/mol. The number of nitrogens with zero attached hydrogens (tertiary/aromatic N) is 4. The molecule has 0 radical (unpaired) electrons. The average Bonchev–Trinajstić information content (AvgIpc) is 3.76. The molecular weight excluding hydrogens is 604 g/mol. The number of likely N-dealkylation sites (tertiary alicyclic amines) is 1. The number of carbonyl (C=O) groups is 3. The first-order valence-electron chi connectivity index (χ1n) is 16.8. The number of carbonyl (C=O) groups excluding carboxylic acids is 2. The molecule has 248 valence electrons. The molecule has 1 unspecified atom stereocenters. The zero-order valence-electron chi connectivity index (χ0n) is 26.6. The summed E-state index contributed by atoms with van der Waals surface area (Å²) in [5, 5.41) is 17.4. The molecular formula is C34H46N6O5S. The Hall–Kier alpha value is -3.64. The van der Waals surface area contributed by atoms with Crippen molar-refractivity contribution in [3.05, 3.63) is 58.3 Å². The molecule has 2 aromatic rings. The Bertz CT molecular complexity index is 1360. The summed E-state index contributed by atoms with van der Waals surface area (Å²) in [7, 11) is 0. The van der Waals surface area contributed by atoms with Gasteiger partial charge in [-0.15, -0.1) is 11.3 Å². The van der Waals surface area contributed by atoms with Gasteiger partial charge in [0, 0.05) is 24.0 Å². The first kappa shape index (κ1) is 32.3. The van der Waals surface area contributed by atoms with Gasteiger partial charge in [0.1, 0.15) is 18.2 Å². The second-order valence-corrected chi connectivity index (χ2v) is 14.0. The van der Waals surface area contributed by atoms with Crippen molar-refractivity contribution in [1.29, 1.82) is 0 Å². The SMILES string of the molecule is C[C@@H]1N=C(N2CCN(C(=O)[C@H](NC(=O)O)C3CCC(N4CCCCC4)CC3)C(C(=O)NCc3cccs3)C2)O[C@H]1c1ccccc1. The maximum Gasteiger partial charge on any atom is 0.405 e. The van der Waals surface area contributed by atoms with Crippen LogP contribution >= 0.6 is 11.3 Å². The van der Waals surface area contributed by atoms with Gasteiger partial charge in [-0.1, -0.05) is 42.8 Å². The maximum atomic E-state index is 14.3. The van der Waals surface area contributed by atoms with Crippen molar-refractivity contribution in [3.8, 4) is 0 Å². The average molecular weight is 651 g/mol. The van der Waals surface area contributed by atoms with E-state index in [2.05, 4.69) is 15.5 Å². The molecule has 12 heteroatoms. The van der Waals surface area contributed by atoms with Crippen LogP contribution in [0.1, 0.15) is 68.4 Å². The van der Waals surface area contributed by atoms with Gasteiger partial charge in [-0.3, -0.25) is 9.59 Å². The van der Waals surface area contributed by atoms with Gasteiger partial charge in [-0.2, -0.15) is 0 Å². The lowest BCUT2D eigenvalue weighted by atomic mass is 9.80. The minimum Gasteiger partial charge on any atom is -0.465 e. The van der Waals surface area contributed by atoms with Crippen LogP contribution in [0, 0.1) is 5.92 Å². The van der Waals surface area contributed by atoms with Crippen molar-refractivity contribution < 1.29 is 24.2 Å². The number of rotatable bonds is 8. The van der Waals surface area contributed by atoms with Crippen molar-refractivity contribution >= 4 is 35.3 Å². The van der Waals surface area contributed by atoms with Gasteiger partial charge < -0.3 is 35.2 Å². The van der Waals surface area contributed by atoms with Crippen molar-refractivity contribution in [2.24, 2.45) is 10.9 Å². The van der Waals surface area contributed by atoms with E-state index < -0.39 is 18.2 Å². The van der Waals surface area contributed by atoms with Crippen molar-refractivity contribution in [2.45, 2.75) is 88.7 Å². The number of ether oxygens (including phenoxy) is 1. The topological polar surface area (TPSA) is 127 Å². The van der Waals surface area contributed by atoms with Gasteiger partial charge in [0.2, 0.25) is 11.8 Å². The number of amidine groups is 1. The lowest BCUT2D eigenvalue weighted by Gasteiger charge is -2.44. The van der Waals surface area contributed by atoms with Crippen LogP contribution < -0.4 is 10.6 Å². The van der Waals surface area contributed by atoms with Crippen molar-refractivity contribution in [1.82, 2.24) is 25.3 Å². The third-order valence-electron chi connectivity index (χ3n) is 10.0. The van der Waals surface area contributed by atoms with Crippen LogP contribution in [0.3, 0.4) is 0 Å². The van der Waals surface area contributed by atoms with Crippen LogP contribution in [0.4, 0.5) is 4.79 Å². The lowest BCUT2D eigenvalue weighted by Crippen LogP contribution is -2.65. The van der Waals surface area contributed by atoms with E-state index in [1.54, 1.807) is 16.2 Å². The third kappa shape index (κ3) is 7.49. The van der Waals surface area contributed by atoms with E-state index >= 15 is 0 Å². The summed E-state index contributed by atoms with van der Waals surface area (Å²) in [6.07, 6.45) is 5.74. The molecule has 4 aliphatic rings. The number of amides is 3. The first-order chi connectivity index (χ1) is 22.4. The quantitative estimate of drug-likeness (QED) is 0.393. The van der Waals surface area contributed by atoms with Crippen LogP contribution in [0.5, 0.6) is 0 Å². The van der Waals surface area contributed by atoms with Gasteiger partial charge in [0.25, 0.3) is 6.02 Å². The second kappa shape index (κ2) is 14.8. The summed E-state index contributed by atoms with van der Waals surface area (Å²) in [4.78, 5) is 52.0. The number of aliphatic imine (C=N–C) groups is 1. The Kier molecular flexibility index (Phi) is 10.4. The zero-order chi connectivity index (χ0) is 32.0. The molecule has 0 bridgehead atoms. The van der Waals surface area contributed by atoms with Gasteiger partial charge in [0.15, 0.2) is 0 Å². The Morgan fingerprint density at radius 3 is 2.46 bits per heavy atom. The summed E-state index contributed by atoms with van der Waals surface area (Å²) in [6.45, 7) is 5.50. The number of piperidine rings is 1. The maximum absolute atomic E-state index is 14.3. The number of benzene rings is 1. The van der Waals surface area contributed by atoms with Crippen LogP contribution in [0.25, 0.3) is 0 Å². The van der Waals surface area contributed by atoms with Gasteiger partial charge in [-0.25, -0.2) is 9.79 Å². The Balaban J connectivity index is 1.17. The first-order valence-corrected chi connectivity index (χ1v) is 17.6. The molecule has 1 aliphatic carbocycles. The Morgan fingerprint density at radius 2 is 1.76 bits per heavy atom. The molecule has 46 heavy (non-hydrogen) atoms. The summed E-state index contributed by atoms with van der Waals surface area (Å²) in [5.74, 6) is -0.724. The third-order valence-corrected chi connectivity index (χ3v) is 10.9. The Labute approximate surface area is 275 Å². The molecule has 3 N–H and O–H groups in total. The summed E-state index contributed by atoms with van der Waals surface area (Å²) >= 11 is 1.56. The Morgan fingerprint density at radius 1 is 1.00 bits per heavy atom. The molecule has 1 saturated carbocycles. The van der Waals surface area contributed by atoms with Crippen molar-refractivity contribution in [2.75, 3.05) is 32.7 Å². The molecule has 0 spiro atoms. The van der Waals surface area contributed by atoms with Crippen LogP contribution in [0.2, 0.25) is 0 Å². The standard InChI is InChI=1S/C34H46N6O5S/c1-23-30(25-9-4-2-5-10-25)45-33(36-23)39-18-19-40(28(22-39)31(41)35-21-27-11-8-20-46-27)32(42)29(37-34(43)44)24-12-14-26(15-13-24)38-16-6-3-7-17-38/h2,4-5,8-11,20,23-24,26,28-30,37H,3,6-7,12-19,21-22H2,1H3,(H,35,41)(H,43,44)/t23-,24?,26?,28?,29+,30+/m0/s1. The number of nitrogens with one attached hydrogen (secondary N) is 2. The summed E-state index contributed by atoms with van der Waals surface area (Å²) in [5.41, 5.74) is 1.03. The van der Waals surface area contributed by atoms with Crippen LogP contribution in [0.15, 0.2) is 52.8 Å². The van der Waals surface area contributed by atoms with Gasteiger partial charge >= 0.3 is 6.09 Å². The molecule has 2 saturated heterocycles. The highest BCUT2D eigenvalue weighted by molar-refractivity contribution is 7.09. The number of piperazine rings is 1. The molecule has 3 amide bonds. The highest BCUT2D eigenvalue weighted by Gasteiger charge is 2.44. The normalized spacial score (nSPS) is 27.8. The second-order valence-electron chi connectivity index (χ2n) is 13.0. The van der Waals surface area contributed by atoms with Crippen molar-refractivity contribution in [3.63, 3.8) is 0 Å². The van der Waals surface area contributed by atoms with Crippen LogP contribution in [-0.4, -0.2) is 101 Å². The van der Waals surface area contributed by atoms with Gasteiger partial charge in [-0.05, 0) is 81.5 Å². The smallest absolute Gasteiger partial charge is 0.405 e. The van der Waals surface area contributed by atoms with E-state index in [4.69, 9.17) is 9.73 Å². The van der Waals surface area contributed by atoms with E-state index in [1.165, 1.54) is 19.3 Å². The number of hydrogen-bond donors (Lipinski definition) is 3. The molecule has 4 atom stereocenters. The van der Waals surface area contributed by atoms with E-state index in [-0.39, 0.29) is 43.0 Å². The molecule has 1 aromatic heterocycles. The minimum atomic E-state index is -1.22. The number of hydrogen-bond acceptors (Lipinski definition) is 8. The molecule has 6 rings (SSSR count). The molecule has 1 aromatic carbocycles. The predicted molar refractivity (Wildman–Crippen MR) is 177 cm³/mol. The zero-order valence-corrected chi connectivity index (χ0v) is 27.4. The highest BCUT2D eigenvalue weighted by Crippen LogP contribution is 2.33. The molecule has 11 nitrogen and oxygen atoms in total. The van der Waals surface area contributed by atoms with E-state index in [9.17, 15) is 19.5 Å². The minimum absolute atomic E-state index is 0.104. The fraction of sp³-hybridized carbons (Fsp3) is 0.588. The fourth-order valence-electron chi connectivity index (χ4n) is 7.56. The van der Waals surface area contributed by atoms with E-state index in [0.717, 1.165) is 49.2 Å². The summed E-state index contributed by atoms with van der Waals surface area (Å²) < 4.78 is 6.35. The van der Waals surface area contributed by atoms with Crippen LogP contribution in [-0.2, 0) is 20.9 Å². The molecule has 3 aliphatic heterocycles. The lowest BCUT2D eigenvalue weighted by molar-refractivity contribution is -0.146.